The SMILES string of the molecule is COc1ccc(C(=O)N2CCN(CCC(=O)N3CC/C=C/c4cnc(N)c5c(-c6ccc(CC(=O)Nc7cc(C(C)(C)C)on7)cc6)nc(n45)C4CCC[C@H](C4)NC(=O)C3)CC2)cc1N1CCC(=O)NC1=O. The highest BCUT2D eigenvalue weighted by Crippen LogP contribution is 2.38. The second kappa shape index (κ2) is 21.0. The molecule has 7 amide bonds. The fraction of sp³-hybridized carbons (Fsp3) is 0.442. The van der Waals surface area contributed by atoms with E-state index in [1.54, 1.807) is 40.3 Å². The van der Waals surface area contributed by atoms with Crippen molar-refractivity contribution in [1.82, 2.24) is 44.9 Å². The third-order valence-electron chi connectivity index (χ3n) is 13.9. The van der Waals surface area contributed by atoms with Gasteiger partial charge in [0, 0.05) is 93.2 Å². The Hall–Kier alpha value is -7.61. The molecule has 5 aromatic rings. The minimum Gasteiger partial charge on any atom is -0.495 e. The molecule has 5 N–H and O–H groups in total. The molecule has 3 fully saturated rings. The van der Waals surface area contributed by atoms with Crippen LogP contribution in [0.4, 0.5) is 22.1 Å². The number of hydrogen-bond donors (Lipinski definition) is 4. The van der Waals surface area contributed by atoms with E-state index < -0.39 is 6.03 Å². The highest BCUT2D eigenvalue weighted by Gasteiger charge is 2.33. The number of nitrogen functional groups attached to an aromatic ring is 1. The third-order valence-corrected chi connectivity index (χ3v) is 13.9. The number of carbonyl (C=O) groups is 6. The molecule has 1 unspecified atom stereocenters. The second-order valence-corrected chi connectivity index (χ2v) is 20.0. The van der Waals surface area contributed by atoms with Crippen molar-refractivity contribution in [1.29, 1.82) is 0 Å². The van der Waals surface area contributed by atoms with Crippen molar-refractivity contribution in [3.05, 3.63) is 89.2 Å². The highest BCUT2D eigenvalue weighted by atomic mass is 16.5. The first-order valence-electron chi connectivity index (χ1n) is 24.7. The zero-order valence-electron chi connectivity index (χ0n) is 41.2. The van der Waals surface area contributed by atoms with Gasteiger partial charge in [0.2, 0.25) is 23.6 Å². The molecule has 2 atom stereocenters. The van der Waals surface area contributed by atoms with Gasteiger partial charge in [-0.1, -0.05) is 62.7 Å². The standard InChI is InChI=1S/C52H62N12O8/c1-52(2,3)40-29-41(59-72-40)56-43(66)26-32-11-13-33(14-12-32)46-47-48(53)54-30-37-10-5-6-19-62(31-44(67)55-36-9-7-8-34(27-36)49(58-46)64(37)47)45(68)18-20-60-22-24-61(25-23-60)50(69)35-15-16-39(71-4)38(28-35)63-21-17-42(65)57-51(63)70/h5,10-16,28-30,34,36H,6-9,17-27,31H2,1-4H3,(H2,53,54)(H,55,67)(H,56,59,66)(H,57,65,70)/b10-5+/t34?,36-/m1/s1. The first-order valence-corrected chi connectivity index (χ1v) is 24.7. The Labute approximate surface area is 417 Å². The summed E-state index contributed by atoms with van der Waals surface area (Å²) in [6.45, 7) is 8.94. The fourth-order valence-corrected chi connectivity index (χ4v) is 9.95. The van der Waals surface area contributed by atoms with E-state index in [0.717, 1.165) is 41.9 Å². The topological polar surface area (TPSA) is 243 Å². The van der Waals surface area contributed by atoms with Crippen LogP contribution in [0.3, 0.4) is 0 Å². The number of benzene rings is 2. The smallest absolute Gasteiger partial charge is 0.328 e. The van der Waals surface area contributed by atoms with Crippen molar-refractivity contribution in [2.24, 2.45) is 0 Å². The molecule has 20 nitrogen and oxygen atoms in total. The maximum Gasteiger partial charge on any atom is 0.328 e. The third kappa shape index (κ3) is 11.0. The van der Waals surface area contributed by atoms with Gasteiger partial charge in [-0.05, 0) is 55.5 Å². The number of rotatable bonds is 10. The molecule has 9 rings (SSSR count). The molecular formula is C52H62N12O8. The summed E-state index contributed by atoms with van der Waals surface area (Å²) in [4.78, 5) is 95.5. The number of anilines is 3. The molecule has 4 aliphatic rings. The Balaban J connectivity index is 0.850. The number of amides is 7. The summed E-state index contributed by atoms with van der Waals surface area (Å²) in [6.07, 6.45) is 9.86. The predicted molar refractivity (Wildman–Crippen MR) is 269 cm³/mol. The van der Waals surface area contributed by atoms with Crippen molar-refractivity contribution in [3.63, 3.8) is 0 Å². The largest absolute Gasteiger partial charge is 0.495 e. The number of carbonyl (C=O) groups excluding carboxylic acids is 6. The molecule has 72 heavy (non-hydrogen) atoms. The molecule has 1 saturated carbocycles. The Bertz CT molecular complexity index is 2910. The first kappa shape index (κ1) is 49.4. The Morgan fingerprint density at radius 2 is 1.74 bits per heavy atom. The van der Waals surface area contributed by atoms with Crippen molar-refractivity contribution >= 4 is 64.5 Å². The minimum atomic E-state index is -0.568. The maximum atomic E-state index is 13.9. The van der Waals surface area contributed by atoms with Gasteiger partial charge >= 0.3 is 6.03 Å². The lowest BCUT2D eigenvalue weighted by Gasteiger charge is -2.35. The number of nitrogens with one attached hydrogen (secondary N) is 3. The van der Waals surface area contributed by atoms with Gasteiger partial charge in [-0.25, -0.2) is 14.8 Å². The van der Waals surface area contributed by atoms with Crippen LogP contribution in [0.2, 0.25) is 0 Å². The molecule has 0 spiro atoms. The van der Waals surface area contributed by atoms with E-state index in [2.05, 4.69) is 35.4 Å². The van der Waals surface area contributed by atoms with Crippen LogP contribution in [0, 0.1) is 0 Å². The van der Waals surface area contributed by atoms with E-state index in [-0.39, 0.29) is 79.3 Å². The number of piperazine rings is 1. The van der Waals surface area contributed by atoms with Crippen LogP contribution < -0.4 is 31.3 Å². The second-order valence-electron chi connectivity index (χ2n) is 20.0. The van der Waals surface area contributed by atoms with Gasteiger partial charge in [0.05, 0.1) is 37.7 Å². The van der Waals surface area contributed by atoms with Gasteiger partial charge in [0.1, 0.15) is 34.4 Å². The highest BCUT2D eigenvalue weighted by molar-refractivity contribution is 6.07. The molecule has 2 saturated heterocycles. The van der Waals surface area contributed by atoms with Gasteiger partial charge in [-0.15, -0.1) is 0 Å². The van der Waals surface area contributed by atoms with Crippen LogP contribution in [0.1, 0.15) is 105 Å². The molecule has 20 heteroatoms. The maximum absolute atomic E-state index is 13.9. The summed E-state index contributed by atoms with van der Waals surface area (Å²) in [7, 11) is 1.48. The van der Waals surface area contributed by atoms with Gasteiger partial charge in [-0.2, -0.15) is 0 Å². The summed E-state index contributed by atoms with van der Waals surface area (Å²) >= 11 is 0. The molecule has 2 aromatic carbocycles. The van der Waals surface area contributed by atoms with Crippen molar-refractivity contribution in [3.8, 4) is 17.0 Å². The lowest BCUT2D eigenvalue weighted by atomic mass is 9.85. The summed E-state index contributed by atoms with van der Waals surface area (Å²) in [5.41, 5.74) is 11.0. The minimum absolute atomic E-state index is 0.00139. The number of fused-ring (bicyclic) bond motifs is 3. The number of nitrogens with zero attached hydrogens (tertiary/aromatic N) is 8. The summed E-state index contributed by atoms with van der Waals surface area (Å²) < 4.78 is 13.0. The fourth-order valence-electron chi connectivity index (χ4n) is 9.95. The molecular weight excluding hydrogens is 921 g/mol. The molecule has 0 radical (unpaired) electrons. The number of imide groups is 1. The van der Waals surface area contributed by atoms with Crippen LogP contribution in [-0.4, -0.2) is 135 Å². The van der Waals surface area contributed by atoms with Gasteiger partial charge in [-0.3, -0.25) is 43.5 Å². The van der Waals surface area contributed by atoms with Crippen molar-refractivity contribution in [2.45, 2.75) is 89.5 Å². The van der Waals surface area contributed by atoms with E-state index >= 15 is 0 Å². The first-order chi connectivity index (χ1) is 34.6. The lowest BCUT2D eigenvalue weighted by molar-refractivity contribution is -0.136. The van der Waals surface area contributed by atoms with Crippen LogP contribution in [0.25, 0.3) is 22.9 Å². The van der Waals surface area contributed by atoms with E-state index in [9.17, 15) is 28.8 Å². The number of nitrogens with two attached hydrogens (primary N) is 1. The summed E-state index contributed by atoms with van der Waals surface area (Å²) in [5.74, 6) is 1.53. The number of aromatic nitrogens is 4. The number of imidazole rings is 1. The van der Waals surface area contributed by atoms with Crippen molar-refractivity contribution in [2.75, 3.05) is 75.4 Å². The quantitative estimate of drug-likeness (QED) is 0.142. The Morgan fingerprint density at radius 3 is 2.47 bits per heavy atom. The van der Waals surface area contributed by atoms with Gasteiger partial charge in [0.25, 0.3) is 5.91 Å². The predicted octanol–water partition coefficient (Wildman–Crippen LogP) is 5.14. The lowest BCUT2D eigenvalue weighted by Crippen LogP contribution is -2.50. The zero-order chi connectivity index (χ0) is 50.7. The normalized spacial score (nSPS) is 19.6. The number of methoxy groups -OCH3 is 1. The Morgan fingerprint density at radius 1 is 0.944 bits per heavy atom. The van der Waals surface area contributed by atoms with Crippen LogP contribution in [-0.2, 0) is 31.0 Å². The molecule has 1 aliphatic carbocycles. The summed E-state index contributed by atoms with van der Waals surface area (Å²) in [5, 5.41) is 12.4. The summed E-state index contributed by atoms with van der Waals surface area (Å²) in [6, 6.07) is 13.7. The number of ether oxygens (including phenoxy) is 1. The van der Waals surface area contributed by atoms with Crippen LogP contribution in [0.5, 0.6) is 5.75 Å². The van der Waals surface area contributed by atoms with Crippen LogP contribution in [0.15, 0.2) is 65.3 Å². The zero-order valence-corrected chi connectivity index (χ0v) is 41.2. The van der Waals surface area contributed by atoms with Crippen molar-refractivity contribution < 1.29 is 38.0 Å². The van der Waals surface area contributed by atoms with E-state index in [4.69, 9.17) is 20.0 Å². The van der Waals surface area contributed by atoms with E-state index in [0.29, 0.717) is 97.7 Å². The van der Waals surface area contributed by atoms with Gasteiger partial charge in [0.15, 0.2) is 5.82 Å². The van der Waals surface area contributed by atoms with Gasteiger partial charge < -0.3 is 35.4 Å². The molecule has 3 aliphatic heterocycles. The molecule has 2 bridgehead atoms. The molecule has 378 valence electrons. The molecule has 3 aromatic heterocycles. The van der Waals surface area contributed by atoms with Crippen LogP contribution >= 0.6 is 0 Å². The number of hydrogen-bond acceptors (Lipinski definition) is 13. The van der Waals surface area contributed by atoms with E-state index in [1.807, 2.05) is 57.2 Å². The average Bonchev–Trinajstić information content (AvgIpc) is 4.01. The van der Waals surface area contributed by atoms with E-state index in [1.165, 1.54) is 12.0 Å². The Kier molecular flexibility index (Phi) is 14.4. The monoisotopic (exact) mass is 982 g/mol. The average molecular weight is 983 g/mol. The number of urea groups is 1. The molecule has 6 heterocycles.